The molecule has 0 spiro atoms. The molecule has 2 rings (SSSR count). The molecule has 0 atom stereocenters. The van der Waals surface area contributed by atoms with Crippen LogP contribution in [0.25, 0.3) is 0 Å². The molecular formula is C10H16N2O2S. The van der Waals surface area contributed by atoms with Crippen molar-refractivity contribution in [2.24, 2.45) is 0 Å². The molecule has 4 nitrogen and oxygen atoms in total. The Bertz CT molecular complexity index is 308. The van der Waals surface area contributed by atoms with Crippen LogP contribution < -0.4 is 0 Å². The quantitative estimate of drug-likeness (QED) is 0.857. The number of nitrogens with zero attached hydrogens (tertiary/aromatic N) is 2. The van der Waals surface area contributed by atoms with Gasteiger partial charge >= 0.3 is 0 Å². The molecule has 0 bridgehead atoms. The SMILES string of the molecule is CSCc1noc(C2CCC(O)CC2)n1. The molecule has 1 aliphatic rings. The standard InChI is InChI=1S/C10H16N2O2S/c1-15-6-9-11-10(14-12-9)7-2-4-8(13)5-3-7/h7-8,13H,2-6H2,1H3. The molecule has 5 heteroatoms. The lowest BCUT2D eigenvalue weighted by molar-refractivity contribution is 0.116. The first-order chi connectivity index (χ1) is 7.29. The molecule has 1 aromatic rings. The van der Waals surface area contributed by atoms with Crippen molar-refractivity contribution in [2.75, 3.05) is 6.26 Å². The van der Waals surface area contributed by atoms with Gasteiger partial charge in [-0.3, -0.25) is 0 Å². The van der Waals surface area contributed by atoms with E-state index < -0.39 is 0 Å². The monoisotopic (exact) mass is 228 g/mol. The molecule has 1 saturated carbocycles. The molecule has 1 aliphatic carbocycles. The topological polar surface area (TPSA) is 59.2 Å². The average Bonchev–Trinajstić information content (AvgIpc) is 2.68. The van der Waals surface area contributed by atoms with Crippen molar-refractivity contribution in [1.29, 1.82) is 0 Å². The van der Waals surface area contributed by atoms with Crippen LogP contribution in [0.15, 0.2) is 4.52 Å². The maximum absolute atomic E-state index is 9.39. The molecule has 0 amide bonds. The van der Waals surface area contributed by atoms with Crippen LogP contribution in [0.2, 0.25) is 0 Å². The molecule has 0 unspecified atom stereocenters. The normalized spacial score (nSPS) is 26.8. The molecule has 1 aromatic heterocycles. The fourth-order valence-electron chi connectivity index (χ4n) is 1.94. The highest BCUT2D eigenvalue weighted by Crippen LogP contribution is 2.31. The molecule has 1 heterocycles. The van der Waals surface area contributed by atoms with Gasteiger partial charge in [0.05, 0.1) is 11.9 Å². The minimum absolute atomic E-state index is 0.130. The van der Waals surface area contributed by atoms with Crippen LogP contribution in [-0.4, -0.2) is 27.6 Å². The van der Waals surface area contributed by atoms with Gasteiger partial charge in [-0.25, -0.2) is 0 Å². The lowest BCUT2D eigenvalue weighted by Crippen LogP contribution is -2.17. The molecule has 0 saturated heterocycles. The maximum Gasteiger partial charge on any atom is 0.229 e. The average molecular weight is 228 g/mol. The van der Waals surface area contributed by atoms with E-state index in [1.54, 1.807) is 11.8 Å². The van der Waals surface area contributed by atoms with E-state index >= 15 is 0 Å². The summed E-state index contributed by atoms with van der Waals surface area (Å²) < 4.78 is 5.24. The second-order valence-electron chi connectivity index (χ2n) is 3.99. The van der Waals surface area contributed by atoms with E-state index in [2.05, 4.69) is 10.1 Å². The van der Waals surface area contributed by atoms with Gasteiger partial charge in [0, 0.05) is 5.92 Å². The number of thioether (sulfide) groups is 1. The summed E-state index contributed by atoms with van der Waals surface area (Å²) in [5.74, 6) is 2.70. The lowest BCUT2D eigenvalue weighted by Gasteiger charge is -2.22. The van der Waals surface area contributed by atoms with Gasteiger partial charge in [-0.15, -0.1) is 0 Å². The Morgan fingerprint density at radius 3 is 2.80 bits per heavy atom. The summed E-state index contributed by atoms with van der Waals surface area (Å²) in [5.41, 5.74) is 0. The van der Waals surface area contributed by atoms with Crippen LogP contribution in [0.4, 0.5) is 0 Å². The highest BCUT2D eigenvalue weighted by atomic mass is 32.2. The first-order valence-electron chi connectivity index (χ1n) is 5.29. The van der Waals surface area contributed by atoms with Gasteiger partial charge in [0.1, 0.15) is 0 Å². The van der Waals surface area contributed by atoms with Crippen LogP contribution in [0.1, 0.15) is 43.3 Å². The maximum atomic E-state index is 9.39. The van der Waals surface area contributed by atoms with Crippen LogP contribution in [0.3, 0.4) is 0 Å². The second-order valence-corrected chi connectivity index (χ2v) is 4.85. The van der Waals surface area contributed by atoms with E-state index in [4.69, 9.17) is 4.52 Å². The zero-order valence-corrected chi connectivity index (χ0v) is 9.66. The Hall–Kier alpha value is -0.550. The van der Waals surface area contributed by atoms with E-state index in [1.807, 2.05) is 6.26 Å². The molecule has 84 valence electrons. The largest absolute Gasteiger partial charge is 0.393 e. The van der Waals surface area contributed by atoms with E-state index in [0.717, 1.165) is 43.2 Å². The summed E-state index contributed by atoms with van der Waals surface area (Å²) in [6.45, 7) is 0. The van der Waals surface area contributed by atoms with Crippen molar-refractivity contribution in [1.82, 2.24) is 10.1 Å². The summed E-state index contributed by atoms with van der Waals surface area (Å²) in [6.07, 6.45) is 5.52. The van der Waals surface area contributed by atoms with Crippen molar-refractivity contribution in [2.45, 2.75) is 43.5 Å². The van der Waals surface area contributed by atoms with Gasteiger partial charge in [-0.05, 0) is 31.9 Å². The van der Waals surface area contributed by atoms with Gasteiger partial charge in [0.15, 0.2) is 5.82 Å². The van der Waals surface area contributed by atoms with E-state index in [-0.39, 0.29) is 6.10 Å². The highest BCUT2D eigenvalue weighted by Gasteiger charge is 2.25. The third-order valence-electron chi connectivity index (χ3n) is 2.80. The molecular weight excluding hydrogens is 212 g/mol. The van der Waals surface area contributed by atoms with Gasteiger partial charge < -0.3 is 9.63 Å². The summed E-state index contributed by atoms with van der Waals surface area (Å²) in [7, 11) is 0. The highest BCUT2D eigenvalue weighted by molar-refractivity contribution is 7.97. The molecule has 0 aliphatic heterocycles. The summed E-state index contributed by atoms with van der Waals surface area (Å²) >= 11 is 1.69. The summed E-state index contributed by atoms with van der Waals surface area (Å²) in [6, 6.07) is 0. The Kier molecular flexibility index (Phi) is 3.64. The lowest BCUT2D eigenvalue weighted by atomic mass is 9.87. The van der Waals surface area contributed by atoms with Crippen LogP contribution in [0, 0.1) is 0 Å². The Balaban J connectivity index is 1.96. The van der Waals surface area contributed by atoms with Crippen molar-refractivity contribution < 1.29 is 9.63 Å². The number of aliphatic hydroxyl groups is 1. The zero-order valence-electron chi connectivity index (χ0n) is 8.85. The number of hydrogen-bond donors (Lipinski definition) is 1. The number of hydrogen-bond acceptors (Lipinski definition) is 5. The van der Waals surface area contributed by atoms with Crippen LogP contribution >= 0.6 is 11.8 Å². The third kappa shape index (κ3) is 2.72. The fraction of sp³-hybridized carbons (Fsp3) is 0.800. The number of aliphatic hydroxyl groups excluding tert-OH is 1. The predicted molar refractivity (Wildman–Crippen MR) is 58.7 cm³/mol. The first-order valence-corrected chi connectivity index (χ1v) is 6.68. The summed E-state index contributed by atoms with van der Waals surface area (Å²) in [5, 5.41) is 13.3. The van der Waals surface area contributed by atoms with Gasteiger partial charge in [0.25, 0.3) is 0 Å². The molecule has 0 radical (unpaired) electrons. The predicted octanol–water partition coefficient (Wildman–Crippen LogP) is 1.95. The Morgan fingerprint density at radius 2 is 2.13 bits per heavy atom. The zero-order chi connectivity index (χ0) is 10.7. The van der Waals surface area contributed by atoms with Crippen molar-refractivity contribution >= 4 is 11.8 Å². The second kappa shape index (κ2) is 4.99. The van der Waals surface area contributed by atoms with Crippen molar-refractivity contribution in [3.63, 3.8) is 0 Å². The number of aromatic nitrogens is 2. The van der Waals surface area contributed by atoms with Gasteiger partial charge in [-0.1, -0.05) is 5.16 Å². The Labute approximate surface area is 93.4 Å². The molecule has 0 aromatic carbocycles. The summed E-state index contributed by atoms with van der Waals surface area (Å²) in [4.78, 5) is 4.37. The van der Waals surface area contributed by atoms with E-state index in [1.165, 1.54) is 0 Å². The van der Waals surface area contributed by atoms with Gasteiger partial charge in [0.2, 0.25) is 5.89 Å². The molecule has 1 N–H and O–H groups in total. The molecule has 1 fully saturated rings. The number of rotatable bonds is 3. The minimum Gasteiger partial charge on any atom is -0.393 e. The van der Waals surface area contributed by atoms with Crippen LogP contribution in [-0.2, 0) is 5.75 Å². The van der Waals surface area contributed by atoms with E-state index in [9.17, 15) is 5.11 Å². The third-order valence-corrected chi connectivity index (χ3v) is 3.35. The Morgan fingerprint density at radius 1 is 1.40 bits per heavy atom. The minimum atomic E-state index is -0.130. The smallest absolute Gasteiger partial charge is 0.229 e. The van der Waals surface area contributed by atoms with Gasteiger partial charge in [-0.2, -0.15) is 16.7 Å². The van der Waals surface area contributed by atoms with Crippen LogP contribution in [0.5, 0.6) is 0 Å². The fourth-order valence-corrected chi connectivity index (χ4v) is 2.32. The first kappa shape index (κ1) is 11.0. The van der Waals surface area contributed by atoms with E-state index in [0.29, 0.717) is 5.92 Å². The van der Waals surface area contributed by atoms with Crippen molar-refractivity contribution in [3.8, 4) is 0 Å². The van der Waals surface area contributed by atoms with Crippen molar-refractivity contribution in [3.05, 3.63) is 11.7 Å². The molecule has 15 heavy (non-hydrogen) atoms.